The second kappa shape index (κ2) is 9.30. The van der Waals surface area contributed by atoms with Crippen LogP contribution in [-0.4, -0.2) is 40.4 Å². The van der Waals surface area contributed by atoms with Gasteiger partial charge in [-0.25, -0.2) is 4.39 Å². The van der Waals surface area contributed by atoms with E-state index in [9.17, 15) is 9.18 Å². The van der Waals surface area contributed by atoms with Crippen LogP contribution < -0.4 is 5.32 Å². The average molecular weight is 461 g/mol. The van der Waals surface area contributed by atoms with E-state index in [0.717, 1.165) is 11.1 Å². The van der Waals surface area contributed by atoms with Gasteiger partial charge in [0.1, 0.15) is 12.4 Å². The molecule has 1 aromatic heterocycles. The summed E-state index contributed by atoms with van der Waals surface area (Å²) in [5.41, 5.74) is 1.30. The summed E-state index contributed by atoms with van der Waals surface area (Å²) < 4.78 is 21.4. The minimum Gasteiger partial charge on any atom is -0.381 e. The standard InChI is InChI=1S/C22H22ClFN4O2S/c23-17-6-4-15(5-7-17)20-26-27-21(31)28(20)13-19(29)25-14-22(8-10-30-11-9-22)16-2-1-3-18(24)12-16/h1-7,12H,8-11,13-14H2,(H,25,29)(H,27,31). The van der Waals surface area contributed by atoms with E-state index in [4.69, 9.17) is 28.6 Å². The van der Waals surface area contributed by atoms with Gasteiger partial charge in [-0.15, -0.1) is 0 Å². The summed E-state index contributed by atoms with van der Waals surface area (Å²) in [5.74, 6) is 0.0738. The molecule has 4 rings (SSSR count). The monoisotopic (exact) mass is 460 g/mol. The first-order valence-electron chi connectivity index (χ1n) is 9.98. The molecule has 0 radical (unpaired) electrons. The van der Waals surface area contributed by atoms with Crippen molar-refractivity contribution in [3.05, 3.63) is 69.7 Å². The number of hydrogen-bond donors (Lipinski definition) is 2. The summed E-state index contributed by atoms with van der Waals surface area (Å²) in [6, 6.07) is 13.7. The maximum atomic E-state index is 13.9. The van der Waals surface area contributed by atoms with Gasteiger partial charge in [-0.1, -0.05) is 23.7 Å². The van der Waals surface area contributed by atoms with Crippen molar-refractivity contribution in [3.63, 3.8) is 0 Å². The molecule has 1 fully saturated rings. The maximum absolute atomic E-state index is 13.9. The first-order valence-corrected chi connectivity index (χ1v) is 10.8. The van der Waals surface area contributed by atoms with Crippen molar-refractivity contribution >= 4 is 29.7 Å². The molecule has 31 heavy (non-hydrogen) atoms. The normalized spacial score (nSPS) is 15.5. The van der Waals surface area contributed by atoms with Crippen LogP contribution in [0.1, 0.15) is 18.4 Å². The van der Waals surface area contributed by atoms with E-state index in [2.05, 4.69) is 15.5 Å². The first kappa shape index (κ1) is 21.7. The van der Waals surface area contributed by atoms with Gasteiger partial charge in [-0.3, -0.25) is 14.5 Å². The van der Waals surface area contributed by atoms with Gasteiger partial charge < -0.3 is 10.1 Å². The highest BCUT2D eigenvalue weighted by Gasteiger charge is 2.35. The molecule has 2 N–H and O–H groups in total. The Hall–Kier alpha value is -2.55. The van der Waals surface area contributed by atoms with E-state index in [1.54, 1.807) is 28.8 Å². The van der Waals surface area contributed by atoms with Crippen molar-refractivity contribution in [3.8, 4) is 11.4 Å². The maximum Gasteiger partial charge on any atom is 0.240 e. The SMILES string of the molecule is O=C(Cn1c(-c2ccc(Cl)cc2)n[nH]c1=S)NCC1(c2cccc(F)c2)CCOCC1. The molecule has 1 aliphatic heterocycles. The van der Waals surface area contributed by atoms with Crippen LogP contribution in [0.4, 0.5) is 4.39 Å². The molecule has 3 aromatic rings. The molecule has 0 spiro atoms. The summed E-state index contributed by atoms with van der Waals surface area (Å²) in [6.07, 6.45) is 1.41. The molecule has 1 saturated heterocycles. The van der Waals surface area contributed by atoms with Crippen molar-refractivity contribution in [1.82, 2.24) is 20.1 Å². The molecule has 2 aromatic carbocycles. The minimum absolute atomic E-state index is 0.0169. The third-order valence-electron chi connectivity index (χ3n) is 5.67. The van der Waals surface area contributed by atoms with Crippen LogP contribution in [0.15, 0.2) is 48.5 Å². The molecule has 0 unspecified atom stereocenters. The van der Waals surface area contributed by atoms with Gasteiger partial charge in [-0.2, -0.15) is 5.10 Å². The number of nitrogens with one attached hydrogen (secondary N) is 2. The van der Waals surface area contributed by atoms with E-state index in [1.807, 2.05) is 18.2 Å². The number of benzene rings is 2. The Morgan fingerprint density at radius 1 is 1.26 bits per heavy atom. The molecule has 9 heteroatoms. The molecule has 0 bridgehead atoms. The van der Waals surface area contributed by atoms with Crippen molar-refractivity contribution < 1.29 is 13.9 Å². The topological polar surface area (TPSA) is 71.9 Å². The summed E-state index contributed by atoms with van der Waals surface area (Å²) in [5, 5.41) is 10.6. The summed E-state index contributed by atoms with van der Waals surface area (Å²) >= 11 is 11.3. The number of amides is 1. The molecule has 0 saturated carbocycles. The Balaban J connectivity index is 1.51. The Labute approximate surface area is 189 Å². The van der Waals surface area contributed by atoms with Gasteiger partial charge in [0.05, 0.1) is 0 Å². The quantitative estimate of drug-likeness (QED) is 0.539. The molecule has 0 atom stereocenters. The molecule has 1 aliphatic rings. The van der Waals surface area contributed by atoms with Gasteiger partial charge >= 0.3 is 0 Å². The lowest BCUT2D eigenvalue weighted by atomic mass is 9.74. The van der Waals surface area contributed by atoms with Crippen LogP contribution >= 0.6 is 23.8 Å². The number of hydrogen-bond acceptors (Lipinski definition) is 4. The zero-order valence-corrected chi connectivity index (χ0v) is 18.3. The Morgan fingerprint density at radius 2 is 2.00 bits per heavy atom. The summed E-state index contributed by atoms with van der Waals surface area (Å²) in [4.78, 5) is 12.8. The molecule has 162 valence electrons. The van der Waals surface area contributed by atoms with E-state index in [0.29, 0.717) is 48.2 Å². The smallest absolute Gasteiger partial charge is 0.240 e. The lowest BCUT2D eigenvalue weighted by Gasteiger charge is -2.38. The fourth-order valence-corrected chi connectivity index (χ4v) is 4.22. The summed E-state index contributed by atoms with van der Waals surface area (Å²) in [6.45, 7) is 1.54. The average Bonchev–Trinajstić information content (AvgIpc) is 3.13. The minimum atomic E-state index is -0.368. The highest BCUT2D eigenvalue weighted by Crippen LogP contribution is 2.34. The van der Waals surface area contributed by atoms with Crippen molar-refractivity contribution in [2.45, 2.75) is 24.8 Å². The van der Waals surface area contributed by atoms with Crippen molar-refractivity contribution in [2.75, 3.05) is 19.8 Å². The second-order valence-electron chi connectivity index (χ2n) is 7.63. The Bertz CT molecular complexity index is 1120. The van der Waals surface area contributed by atoms with Gasteiger partial charge in [0.25, 0.3) is 0 Å². The number of carbonyl (C=O) groups is 1. The fourth-order valence-electron chi connectivity index (χ4n) is 3.90. The fraction of sp³-hybridized carbons (Fsp3) is 0.318. The first-order chi connectivity index (χ1) is 15.0. The highest BCUT2D eigenvalue weighted by molar-refractivity contribution is 7.71. The third-order valence-corrected chi connectivity index (χ3v) is 6.24. The van der Waals surface area contributed by atoms with Crippen LogP contribution in [0, 0.1) is 10.6 Å². The predicted octanol–water partition coefficient (Wildman–Crippen LogP) is 4.26. The molecule has 1 amide bonds. The van der Waals surface area contributed by atoms with Crippen molar-refractivity contribution in [2.24, 2.45) is 0 Å². The highest BCUT2D eigenvalue weighted by atomic mass is 35.5. The van der Waals surface area contributed by atoms with Gasteiger partial charge in [0, 0.05) is 35.8 Å². The largest absolute Gasteiger partial charge is 0.381 e. The predicted molar refractivity (Wildman–Crippen MR) is 119 cm³/mol. The van der Waals surface area contributed by atoms with Crippen LogP contribution in [0.2, 0.25) is 5.02 Å². The van der Waals surface area contributed by atoms with E-state index in [-0.39, 0.29) is 23.7 Å². The Morgan fingerprint density at radius 3 is 2.71 bits per heavy atom. The lowest BCUT2D eigenvalue weighted by molar-refractivity contribution is -0.122. The van der Waals surface area contributed by atoms with E-state index in [1.165, 1.54) is 6.07 Å². The lowest BCUT2D eigenvalue weighted by Crippen LogP contribution is -2.45. The molecular weight excluding hydrogens is 439 g/mol. The van der Waals surface area contributed by atoms with Gasteiger partial charge in [0.15, 0.2) is 10.6 Å². The number of carbonyl (C=O) groups excluding carboxylic acids is 1. The van der Waals surface area contributed by atoms with Crippen molar-refractivity contribution in [1.29, 1.82) is 0 Å². The number of nitrogens with zero attached hydrogens (tertiary/aromatic N) is 2. The Kier molecular flexibility index (Phi) is 6.50. The van der Waals surface area contributed by atoms with Crippen LogP contribution in [-0.2, 0) is 21.5 Å². The number of aromatic amines is 1. The molecular formula is C22H22ClFN4O2S. The van der Waals surface area contributed by atoms with Crippen LogP contribution in [0.3, 0.4) is 0 Å². The summed E-state index contributed by atoms with van der Waals surface area (Å²) in [7, 11) is 0. The van der Waals surface area contributed by atoms with E-state index >= 15 is 0 Å². The number of ether oxygens (including phenoxy) is 1. The molecule has 6 nitrogen and oxygen atoms in total. The van der Waals surface area contributed by atoms with E-state index < -0.39 is 0 Å². The number of rotatable bonds is 6. The van der Waals surface area contributed by atoms with Crippen LogP contribution in [0.25, 0.3) is 11.4 Å². The zero-order valence-electron chi connectivity index (χ0n) is 16.7. The zero-order chi connectivity index (χ0) is 21.8. The number of H-pyrrole nitrogens is 1. The molecule has 2 heterocycles. The second-order valence-corrected chi connectivity index (χ2v) is 8.45. The third kappa shape index (κ3) is 4.87. The van der Waals surface area contributed by atoms with Crippen LogP contribution in [0.5, 0.6) is 0 Å². The number of halogens is 2. The van der Waals surface area contributed by atoms with Gasteiger partial charge in [-0.05, 0) is 67.0 Å². The number of aromatic nitrogens is 3. The molecule has 0 aliphatic carbocycles. The van der Waals surface area contributed by atoms with Gasteiger partial charge in [0.2, 0.25) is 5.91 Å².